The lowest BCUT2D eigenvalue weighted by Gasteiger charge is -2.37. The van der Waals surface area contributed by atoms with Gasteiger partial charge in [0.05, 0.1) is 12.0 Å². The van der Waals surface area contributed by atoms with E-state index >= 15 is 0 Å². The highest BCUT2D eigenvalue weighted by Gasteiger charge is 2.32. The second-order valence-electron chi connectivity index (χ2n) is 7.38. The van der Waals surface area contributed by atoms with Gasteiger partial charge in [-0.15, -0.1) is 0 Å². The van der Waals surface area contributed by atoms with Crippen LogP contribution in [-0.2, 0) is 10.0 Å². The summed E-state index contributed by atoms with van der Waals surface area (Å²) < 4.78 is 32.4. The van der Waals surface area contributed by atoms with Crippen molar-refractivity contribution in [1.29, 1.82) is 0 Å². The van der Waals surface area contributed by atoms with Gasteiger partial charge in [0.2, 0.25) is 10.0 Å². The van der Waals surface area contributed by atoms with Gasteiger partial charge in [-0.2, -0.15) is 4.31 Å². The highest BCUT2D eigenvalue weighted by atomic mass is 32.2. The van der Waals surface area contributed by atoms with Gasteiger partial charge in [-0.05, 0) is 75.4 Å². The van der Waals surface area contributed by atoms with Gasteiger partial charge >= 0.3 is 0 Å². The van der Waals surface area contributed by atoms with Crippen LogP contribution in [0.4, 0.5) is 0 Å². The number of sulfonamides is 1. The third-order valence-corrected chi connectivity index (χ3v) is 7.60. The minimum Gasteiger partial charge on any atom is -0.497 e. The number of nitrogens with zero attached hydrogens (tertiary/aromatic N) is 2. The van der Waals surface area contributed by atoms with Crippen molar-refractivity contribution in [2.24, 2.45) is 5.92 Å². The molecule has 0 N–H and O–H groups in total. The van der Waals surface area contributed by atoms with E-state index in [0.29, 0.717) is 29.8 Å². The van der Waals surface area contributed by atoms with Crippen molar-refractivity contribution >= 4 is 10.0 Å². The SMILES string of the molecule is COc1ccc(S(=O)(=O)N2CCC(N3CCCC(C)CC3)CC2)cc1. The average molecular weight is 367 g/mol. The molecule has 0 aliphatic carbocycles. The van der Waals surface area contributed by atoms with Crippen LogP contribution in [0.5, 0.6) is 5.75 Å². The molecule has 3 rings (SSSR count). The Bertz CT molecular complexity index is 652. The van der Waals surface area contributed by atoms with Gasteiger partial charge in [-0.1, -0.05) is 6.92 Å². The number of methoxy groups -OCH3 is 1. The highest BCUT2D eigenvalue weighted by Crippen LogP contribution is 2.26. The van der Waals surface area contributed by atoms with Gasteiger partial charge in [-0.25, -0.2) is 8.42 Å². The van der Waals surface area contributed by atoms with Crippen molar-refractivity contribution in [2.45, 2.75) is 50.0 Å². The monoisotopic (exact) mass is 366 g/mol. The summed E-state index contributed by atoms with van der Waals surface area (Å²) in [5.41, 5.74) is 0. The fourth-order valence-electron chi connectivity index (χ4n) is 3.99. The minimum atomic E-state index is -3.40. The van der Waals surface area contributed by atoms with E-state index in [1.165, 1.54) is 25.8 Å². The molecule has 1 aromatic rings. The predicted molar refractivity (Wildman–Crippen MR) is 99.4 cm³/mol. The van der Waals surface area contributed by atoms with E-state index in [1.807, 2.05) is 0 Å². The van der Waals surface area contributed by atoms with Crippen LogP contribution in [0.1, 0.15) is 39.0 Å². The second-order valence-corrected chi connectivity index (χ2v) is 9.32. The smallest absolute Gasteiger partial charge is 0.243 e. The summed E-state index contributed by atoms with van der Waals surface area (Å²) in [6.07, 6.45) is 5.73. The zero-order chi connectivity index (χ0) is 17.9. The lowest BCUT2D eigenvalue weighted by molar-refractivity contribution is 0.142. The molecule has 6 heteroatoms. The fourth-order valence-corrected chi connectivity index (χ4v) is 5.46. The van der Waals surface area contributed by atoms with Crippen LogP contribution in [0.3, 0.4) is 0 Å². The maximum atomic E-state index is 12.8. The molecule has 0 radical (unpaired) electrons. The molecule has 1 unspecified atom stereocenters. The molecule has 2 saturated heterocycles. The van der Waals surface area contributed by atoms with Gasteiger partial charge in [0.1, 0.15) is 5.75 Å². The van der Waals surface area contributed by atoms with E-state index in [1.54, 1.807) is 35.7 Å². The van der Waals surface area contributed by atoms with E-state index in [-0.39, 0.29) is 0 Å². The van der Waals surface area contributed by atoms with Crippen LogP contribution in [0.15, 0.2) is 29.2 Å². The van der Waals surface area contributed by atoms with Gasteiger partial charge in [0.15, 0.2) is 0 Å². The van der Waals surface area contributed by atoms with Crippen LogP contribution in [-0.4, -0.2) is 57.0 Å². The molecule has 2 fully saturated rings. The minimum absolute atomic E-state index is 0.357. The fraction of sp³-hybridized carbons (Fsp3) is 0.684. The molecule has 0 saturated carbocycles. The molecular weight excluding hydrogens is 336 g/mol. The largest absolute Gasteiger partial charge is 0.497 e. The summed E-state index contributed by atoms with van der Waals surface area (Å²) in [6, 6.07) is 7.22. The summed E-state index contributed by atoms with van der Waals surface area (Å²) in [4.78, 5) is 2.95. The summed E-state index contributed by atoms with van der Waals surface area (Å²) in [5, 5.41) is 0. The molecule has 2 aliphatic rings. The molecule has 0 aromatic heterocycles. The normalized spacial score (nSPS) is 24.8. The van der Waals surface area contributed by atoms with Crippen LogP contribution >= 0.6 is 0 Å². The van der Waals surface area contributed by atoms with Crippen molar-refractivity contribution in [3.63, 3.8) is 0 Å². The Kier molecular flexibility index (Phi) is 6.02. The number of benzene rings is 1. The third-order valence-electron chi connectivity index (χ3n) is 5.69. The first-order chi connectivity index (χ1) is 12.0. The lowest BCUT2D eigenvalue weighted by atomic mass is 10.0. The summed E-state index contributed by atoms with van der Waals surface area (Å²) in [5.74, 6) is 1.49. The van der Waals surface area contributed by atoms with Crippen LogP contribution in [0, 0.1) is 5.92 Å². The second kappa shape index (κ2) is 8.06. The Morgan fingerprint density at radius 1 is 0.960 bits per heavy atom. The molecule has 0 spiro atoms. The third kappa shape index (κ3) is 4.36. The molecular formula is C19H30N2O3S. The molecule has 0 amide bonds. The Morgan fingerprint density at radius 3 is 2.28 bits per heavy atom. The maximum absolute atomic E-state index is 12.8. The summed E-state index contributed by atoms with van der Waals surface area (Å²) in [6.45, 7) is 5.90. The highest BCUT2D eigenvalue weighted by molar-refractivity contribution is 7.89. The molecule has 140 valence electrons. The van der Waals surface area contributed by atoms with Crippen molar-refractivity contribution in [2.75, 3.05) is 33.3 Å². The van der Waals surface area contributed by atoms with Crippen molar-refractivity contribution < 1.29 is 13.2 Å². The van der Waals surface area contributed by atoms with Gasteiger partial charge < -0.3 is 9.64 Å². The van der Waals surface area contributed by atoms with Gasteiger partial charge in [0, 0.05) is 19.1 Å². The Balaban J connectivity index is 1.60. The first-order valence-electron chi connectivity index (χ1n) is 9.39. The van der Waals surface area contributed by atoms with Gasteiger partial charge in [0.25, 0.3) is 0 Å². The molecule has 0 bridgehead atoms. The van der Waals surface area contributed by atoms with E-state index in [9.17, 15) is 8.42 Å². The number of hydrogen-bond donors (Lipinski definition) is 0. The Labute approximate surface area is 152 Å². The van der Waals surface area contributed by atoms with E-state index in [2.05, 4.69) is 11.8 Å². The van der Waals surface area contributed by atoms with E-state index < -0.39 is 10.0 Å². The quantitative estimate of drug-likeness (QED) is 0.822. The number of likely N-dealkylation sites (tertiary alicyclic amines) is 1. The zero-order valence-electron chi connectivity index (χ0n) is 15.4. The number of rotatable bonds is 4. The van der Waals surface area contributed by atoms with Crippen LogP contribution in [0.2, 0.25) is 0 Å². The zero-order valence-corrected chi connectivity index (χ0v) is 16.2. The maximum Gasteiger partial charge on any atom is 0.243 e. The molecule has 5 nitrogen and oxygen atoms in total. The summed E-state index contributed by atoms with van der Waals surface area (Å²) >= 11 is 0. The average Bonchev–Trinajstić information content (AvgIpc) is 2.86. The predicted octanol–water partition coefficient (Wildman–Crippen LogP) is 2.97. The van der Waals surface area contributed by atoms with Crippen LogP contribution < -0.4 is 4.74 Å². The molecule has 1 aromatic carbocycles. The lowest BCUT2D eigenvalue weighted by Crippen LogP contribution is -2.47. The molecule has 2 aliphatic heterocycles. The van der Waals surface area contributed by atoms with E-state index in [4.69, 9.17) is 4.74 Å². The summed E-state index contributed by atoms with van der Waals surface area (Å²) in [7, 11) is -1.82. The topological polar surface area (TPSA) is 49.9 Å². The van der Waals surface area contributed by atoms with Crippen molar-refractivity contribution in [3.8, 4) is 5.75 Å². The van der Waals surface area contributed by atoms with Crippen LogP contribution in [0.25, 0.3) is 0 Å². The standard InChI is InChI=1S/C19H30N2O3S/c1-16-4-3-12-20(13-9-16)17-10-14-21(15-11-17)25(22,23)19-7-5-18(24-2)6-8-19/h5-8,16-17H,3-4,9-15H2,1-2H3. The molecule has 25 heavy (non-hydrogen) atoms. The van der Waals surface area contributed by atoms with E-state index in [0.717, 1.165) is 25.3 Å². The Hall–Kier alpha value is -1.11. The Morgan fingerprint density at radius 2 is 1.64 bits per heavy atom. The van der Waals surface area contributed by atoms with Gasteiger partial charge in [-0.3, -0.25) is 0 Å². The molecule has 2 heterocycles. The number of piperidine rings is 1. The van der Waals surface area contributed by atoms with Crippen molar-refractivity contribution in [1.82, 2.24) is 9.21 Å². The van der Waals surface area contributed by atoms with Crippen molar-refractivity contribution in [3.05, 3.63) is 24.3 Å². The first kappa shape index (κ1) is 18.7. The number of hydrogen-bond acceptors (Lipinski definition) is 4. The number of ether oxygens (including phenoxy) is 1. The molecule has 1 atom stereocenters. The first-order valence-corrected chi connectivity index (χ1v) is 10.8.